The summed E-state index contributed by atoms with van der Waals surface area (Å²) in [6.45, 7) is 6.44. The molecule has 1 amide bonds. The Morgan fingerprint density at radius 2 is 1.90 bits per heavy atom. The zero-order valence-electron chi connectivity index (χ0n) is 23.3. The van der Waals surface area contributed by atoms with Crippen LogP contribution in [0.25, 0.3) is 5.82 Å². The molecule has 3 aromatic rings. The third kappa shape index (κ3) is 5.94. The molecule has 226 valence electrons. The van der Waals surface area contributed by atoms with Crippen LogP contribution in [0.5, 0.6) is 5.88 Å². The Labute approximate surface area is 240 Å². The van der Waals surface area contributed by atoms with Crippen LogP contribution in [-0.4, -0.2) is 54.0 Å². The van der Waals surface area contributed by atoms with Gasteiger partial charge in [0.05, 0.1) is 22.5 Å². The molecule has 3 heterocycles. The summed E-state index contributed by atoms with van der Waals surface area (Å²) in [6.07, 6.45) is -1.91. The number of pyridine rings is 1. The van der Waals surface area contributed by atoms with Gasteiger partial charge in [-0.25, -0.2) is 27.2 Å². The molecule has 0 unspecified atom stereocenters. The number of carbonyl (C=O) groups excluding carboxylic acids is 1. The first-order valence-corrected chi connectivity index (χ1v) is 15.0. The summed E-state index contributed by atoms with van der Waals surface area (Å²) >= 11 is 0. The number of nitrogens with zero attached hydrogens (tertiary/aromatic N) is 4. The quantitative estimate of drug-likeness (QED) is 0.330. The van der Waals surface area contributed by atoms with Gasteiger partial charge in [-0.15, -0.1) is 5.10 Å². The average molecular weight is 610 g/mol. The van der Waals surface area contributed by atoms with Crippen LogP contribution in [-0.2, 0) is 10.0 Å². The van der Waals surface area contributed by atoms with Crippen molar-refractivity contribution in [3.63, 3.8) is 0 Å². The average Bonchev–Trinajstić information content (AvgIpc) is 3.46. The largest absolute Gasteiger partial charge is 0.477 e. The van der Waals surface area contributed by atoms with E-state index in [0.29, 0.717) is 6.54 Å². The predicted octanol–water partition coefficient (Wildman–Crippen LogP) is 5.26. The number of halogens is 4. The Kier molecular flexibility index (Phi) is 7.48. The third-order valence-electron chi connectivity index (χ3n) is 7.85. The molecule has 2 aromatic heterocycles. The number of sulfonamides is 1. The molecule has 1 saturated carbocycles. The number of amides is 1. The number of aromatic nitrogens is 3. The van der Waals surface area contributed by atoms with Crippen molar-refractivity contribution in [3.8, 4) is 11.7 Å². The predicted molar refractivity (Wildman–Crippen MR) is 145 cm³/mol. The molecule has 9 nitrogen and oxygen atoms in total. The molecule has 2 fully saturated rings. The smallest absolute Gasteiger partial charge is 0.394 e. The second kappa shape index (κ2) is 10.5. The number of ether oxygens (including phenoxy) is 1. The highest BCUT2D eigenvalue weighted by Gasteiger charge is 2.62. The molecule has 1 N–H and O–H groups in total. The number of benzene rings is 1. The van der Waals surface area contributed by atoms with Crippen LogP contribution in [0.1, 0.15) is 56.8 Å². The summed E-state index contributed by atoms with van der Waals surface area (Å²) < 4.78 is 87.9. The molecule has 1 atom stereocenters. The van der Waals surface area contributed by atoms with E-state index in [4.69, 9.17) is 4.74 Å². The van der Waals surface area contributed by atoms with Crippen molar-refractivity contribution in [2.24, 2.45) is 11.3 Å². The number of anilines is 1. The van der Waals surface area contributed by atoms with Crippen molar-refractivity contribution in [2.75, 3.05) is 18.1 Å². The molecule has 2 aliphatic rings. The molecule has 1 saturated heterocycles. The highest BCUT2D eigenvalue weighted by atomic mass is 32.2. The minimum Gasteiger partial charge on any atom is -0.477 e. The van der Waals surface area contributed by atoms with Gasteiger partial charge in [-0.1, -0.05) is 13.0 Å². The molecule has 5 rings (SSSR count). The summed E-state index contributed by atoms with van der Waals surface area (Å²) in [5.74, 6) is -0.809. The Balaban J connectivity index is 1.41. The SMILES string of the molecule is C[C@@H]1CN(c2nc(-n3ccc(OCCC4(C(F)(F)F)CC4)n3)ccc2C(=O)NS(=O)(=O)c2cccc(F)c2)C(C)(C)C1. The Morgan fingerprint density at radius 1 is 1.17 bits per heavy atom. The Bertz CT molecular complexity index is 1600. The first-order chi connectivity index (χ1) is 19.6. The minimum atomic E-state index is -4.38. The number of nitrogens with one attached hydrogen (secondary N) is 1. The van der Waals surface area contributed by atoms with E-state index >= 15 is 0 Å². The van der Waals surface area contributed by atoms with Crippen LogP contribution in [0.3, 0.4) is 0 Å². The lowest BCUT2D eigenvalue weighted by Crippen LogP contribution is -2.41. The van der Waals surface area contributed by atoms with Gasteiger partial charge in [0.1, 0.15) is 11.6 Å². The maximum Gasteiger partial charge on any atom is 0.394 e. The topological polar surface area (TPSA) is 106 Å². The molecule has 14 heteroatoms. The van der Waals surface area contributed by atoms with Gasteiger partial charge in [-0.3, -0.25) is 4.79 Å². The normalized spacial score (nSPS) is 19.5. The van der Waals surface area contributed by atoms with E-state index in [0.717, 1.165) is 18.6 Å². The summed E-state index contributed by atoms with van der Waals surface area (Å²) in [7, 11) is -4.38. The highest BCUT2D eigenvalue weighted by molar-refractivity contribution is 7.90. The van der Waals surface area contributed by atoms with Gasteiger partial charge in [0.15, 0.2) is 5.82 Å². The first kappa shape index (κ1) is 29.8. The van der Waals surface area contributed by atoms with E-state index < -0.39 is 43.8 Å². The lowest BCUT2D eigenvalue weighted by molar-refractivity contribution is -0.190. The van der Waals surface area contributed by atoms with Crippen LogP contribution in [0, 0.1) is 17.2 Å². The van der Waals surface area contributed by atoms with Crippen molar-refractivity contribution in [1.82, 2.24) is 19.5 Å². The molecule has 1 aliphatic carbocycles. The van der Waals surface area contributed by atoms with Crippen LogP contribution >= 0.6 is 0 Å². The fraction of sp³-hybridized carbons (Fsp3) is 0.464. The third-order valence-corrected chi connectivity index (χ3v) is 9.18. The summed E-state index contributed by atoms with van der Waals surface area (Å²) in [4.78, 5) is 19.5. The second-order valence-corrected chi connectivity index (χ2v) is 13.3. The van der Waals surface area contributed by atoms with Crippen LogP contribution in [0.15, 0.2) is 53.6 Å². The molecule has 1 aliphatic heterocycles. The Morgan fingerprint density at radius 3 is 2.52 bits per heavy atom. The van der Waals surface area contributed by atoms with Crippen molar-refractivity contribution < 1.29 is 35.5 Å². The molecular formula is C28H31F4N5O4S. The van der Waals surface area contributed by atoms with Crippen molar-refractivity contribution in [1.29, 1.82) is 0 Å². The maximum atomic E-state index is 13.7. The van der Waals surface area contributed by atoms with Gasteiger partial charge in [-0.2, -0.15) is 13.2 Å². The molecule has 0 bridgehead atoms. The van der Waals surface area contributed by atoms with Crippen molar-refractivity contribution in [3.05, 3.63) is 60.0 Å². The molecule has 0 spiro atoms. The fourth-order valence-electron chi connectivity index (χ4n) is 5.47. The summed E-state index contributed by atoms with van der Waals surface area (Å²) in [5, 5.41) is 4.28. The van der Waals surface area contributed by atoms with Gasteiger partial charge in [0, 0.05) is 24.3 Å². The minimum absolute atomic E-state index is 0.00795. The summed E-state index contributed by atoms with van der Waals surface area (Å²) in [5.41, 5.74) is -2.10. The van der Waals surface area contributed by atoms with E-state index in [9.17, 15) is 30.8 Å². The fourth-order valence-corrected chi connectivity index (χ4v) is 6.46. The first-order valence-electron chi connectivity index (χ1n) is 13.5. The zero-order valence-corrected chi connectivity index (χ0v) is 24.1. The maximum absolute atomic E-state index is 13.7. The summed E-state index contributed by atoms with van der Waals surface area (Å²) in [6, 6.07) is 8.71. The second-order valence-electron chi connectivity index (χ2n) is 11.6. The number of hydrogen-bond donors (Lipinski definition) is 1. The Hall–Kier alpha value is -3.68. The lowest BCUT2D eigenvalue weighted by atomic mass is 9.97. The molecule has 0 radical (unpaired) electrons. The van der Waals surface area contributed by atoms with E-state index in [1.54, 1.807) is 0 Å². The standard InChI is InChI=1S/C28H31F4N5O4S/c1-18-16-26(2,3)36(17-18)24-21(25(38)35-42(39,40)20-6-4-5-19(29)15-20)7-8-22(33-24)37-13-9-23(34-37)41-14-12-27(10-11-27)28(30,31)32/h4-9,13,15,18H,10-12,14,16-17H2,1-3H3,(H,35,38)/t18-/m0/s1. The van der Waals surface area contributed by atoms with Crippen molar-refractivity contribution in [2.45, 2.75) is 63.1 Å². The zero-order chi connectivity index (χ0) is 30.5. The number of hydrogen-bond acceptors (Lipinski definition) is 7. The highest BCUT2D eigenvalue weighted by Crippen LogP contribution is 2.59. The molecular weight excluding hydrogens is 578 g/mol. The van der Waals surface area contributed by atoms with E-state index in [2.05, 4.69) is 17.0 Å². The van der Waals surface area contributed by atoms with Crippen molar-refractivity contribution >= 4 is 21.7 Å². The van der Waals surface area contributed by atoms with Gasteiger partial charge in [-0.05, 0) is 75.8 Å². The van der Waals surface area contributed by atoms with E-state index in [1.807, 2.05) is 23.5 Å². The van der Waals surface area contributed by atoms with Gasteiger partial charge < -0.3 is 9.64 Å². The van der Waals surface area contributed by atoms with E-state index in [1.165, 1.54) is 41.2 Å². The van der Waals surface area contributed by atoms with Gasteiger partial charge in [0.2, 0.25) is 5.88 Å². The van der Waals surface area contributed by atoms with Crippen LogP contribution in [0.4, 0.5) is 23.4 Å². The van der Waals surface area contributed by atoms with Crippen LogP contribution < -0.4 is 14.4 Å². The van der Waals surface area contributed by atoms with E-state index in [-0.39, 0.29) is 54.9 Å². The number of rotatable bonds is 9. The molecule has 1 aromatic carbocycles. The van der Waals surface area contributed by atoms with Crippen LogP contribution in [0.2, 0.25) is 0 Å². The lowest BCUT2D eigenvalue weighted by Gasteiger charge is -2.34. The van der Waals surface area contributed by atoms with Gasteiger partial charge >= 0.3 is 6.18 Å². The number of carbonyl (C=O) groups is 1. The monoisotopic (exact) mass is 609 g/mol. The molecule has 42 heavy (non-hydrogen) atoms. The number of alkyl halides is 3. The van der Waals surface area contributed by atoms with Gasteiger partial charge in [0.25, 0.3) is 15.9 Å².